The van der Waals surface area contributed by atoms with Crippen LogP contribution in [0.25, 0.3) is 0 Å². The molecular weight excluding hydrogens is 194 g/mol. The molecule has 15 heavy (non-hydrogen) atoms. The van der Waals surface area contributed by atoms with Gasteiger partial charge in [0, 0.05) is 13.1 Å². The molecule has 4 N–H and O–H groups in total. The quantitative estimate of drug-likeness (QED) is 0.656. The van der Waals surface area contributed by atoms with Gasteiger partial charge < -0.3 is 16.4 Å². The Bertz CT molecular complexity index is 255. The summed E-state index contributed by atoms with van der Waals surface area (Å²) in [5.41, 5.74) is 10.9. The lowest BCUT2D eigenvalue weighted by Crippen LogP contribution is -2.43. The minimum Gasteiger partial charge on any atom is -0.369 e. The molecule has 1 aliphatic heterocycles. The van der Waals surface area contributed by atoms with Crippen LogP contribution in [-0.4, -0.2) is 35.8 Å². The third-order valence-electron chi connectivity index (χ3n) is 2.82. The summed E-state index contributed by atoms with van der Waals surface area (Å²) < 4.78 is 0. The van der Waals surface area contributed by atoms with Crippen LogP contribution < -0.4 is 11.5 Å². The summed E-state index contributed by atoms with van der Waals surface area (Å²) in [4.78, 5) is 24.3. The van der Waals surface area contributed by atoms with Crippen LogP contribution >= 0.6 is 0 Å². The average Bonchev–Trinajstić information content (AvgIpc) is 2.65. The number of likely N-dealkylation sites (tertiary alicyclic amines) is 1. The first kappa shape index (κ1) is 12.0. The van der Waals surface area contributed by atoms with Crippen LogP contribution in [0.3, 0.4) is 0 Å². The Morgan fingerprint density at radius 2 is 2.20 bits per heavy atom. The zero-order valence-electron chi connectivity index (χ0n) is 9.11. The summed E-state index contributed by atoms with van der Waals surface area (Å²) in [5.74, 6) is -0.572. The van der Waals surface area contributed by atoms with Crippen molar-refractivity contribution in [1.82, 2.24) is 4.90 Å². The van der Waals surface area contributed by atoms with Crippen molar-refractivity contribution in [1.29, 1.82) is 0 Å². The Morgan fingerprint density at radius 1 is 1.53 bits per heavy atom. The van der Waals surface area contributed by atoms with Crippen LogP contribution in [-0.2, 0) is 9.59 Å². The van der Waals surface area contributed by atoms with Gasteiger partial charge in [-0.3, -0.25) is 9.59 Å². The van der Waals surface area contributed by atoms with Gasteiger partial charge in [-0.15, -0.1) is 0 Å². The van der Waals surface area contributed by atoms with Gasteiger partial charge in [0.25, 0.3) is 0 Å². The fraction of sp³-hybridized carbons (Fsp3) is 0.800. The van der Waals surface area contributed by atoms with E-state index in [4.69, 9.17) is 11.5 Å². The second kappa shape index (κ2) is 5.11. The van der Waals surface area contributed by atoms with Crippen molar-refractivity contribution in [3.63, 3.8) is 0 Å². The normalized spacial score (nSPS) is 22.8. The fourth-order valence-corrected chi connectivity index (χ4v) is 1.86. The summed E-state index contributed by atoms with van der Waals surface area (Å²) in [6.07, 6.45) is 2.25. The van der Waals surface area contributed by atoms with Gasteiger partial charge in [0.2, 0.25) is 11.8 Å². The lowest BCUT2D eigenvalue weighted by molar-refractivity contribution is -0.132. The molecule has 86 valence electrons. The van der Waals surface area contributed by atoms with Crippen LogP contribution in [0.2, 0.25) is 0 Å². The molecule has 5 nitrogen and oxygen atoms in total. The molecule has 0 spiro atoms. The summed E-state index contributed by atoms with van der Waals surface area (Å²) in [5, 5.41) is 0. The lowest BCUT2D eigenvalue weighted by atomic mass is 10.1. The second-order valence-electron chi connectivity index (χ2n) is 4.07. The number of primary amides is 1. The number of amides is 2. The average molecular weight is 213 g/mol. The van der Waals surface area contributed by atoms with Crippen LogP contribution in [0.4, 0.5) is 0 Å². The molecule has 1 rings (SSSR count). The van der Waals surface area contributed by atoms with Gasteiger partial charge in [-0.05, 0) is 12.8 Å². The highest BCUT2D eigenvalue weighted by Gasteiger charge is 2.31. The largest absolute Gasteiger partial charge is 0.369 e. The van der Waals surface area contributed by atoms with Crippen molar-refractivity contribution in [2.75, 3.05) is 13.1 Å². The molecule has 1 aliphatic rings. The Labute approximate surface area is 89.8 Å². The molecular formula is C10H19N3O2. The van der Waals surface area contributed by atoms with Crippen molar-refractivity contribution in [2.45, 2.75) is 32.2 Å². The van der Waals surface area contributed by atoms with E-state index in [-0.39, 0.29) is 17.7 Å². The van der Waals surface area contributed by atoms with E-state index in [1.165, 1.54) is 0 Å². The molecule has 0 saturated carbocycles. The number of carbonyl (C=O) groups excluding carboxylic acids is 2. The molecule has 1 fully saturated rings. The highest BCUT2D eigenvalue weighted by Crippen LogP contribution is 2.16. The first-order chi connectivity index (χ1) is 7.06. The van der Waals surface area contributed by atoms with Gasteiger partial charge >= 0.3 is 0 Å². The number of hydrogen-bond donors (Lipinski definition) is 2. The summed E-state index contributed by atoms with van der Waals surface area (Å²) in [7, 11) is 0. The minimum atomic E-state index is -0.429. The Balaban J connectivity index is 2.46. The zero-order chi connectivity index (χ0) is 11.4. The predicted octanol–water partition coefficient (Wildman–Crippen LogP) is -0.552. The van der Waals surface area contributed by atoms with Gasteiger partial charge in [0.15, 0.2) is 0 Å². The van der Waals surface area contributed by atoms with Crippen molar-refractivity contribution in [3.05, 3.63) is 0 Å². The highest BCUT2D eigenvalue weighted by molar-refractivity contribution is 5.84. The molecule has 0 bridgehead atoms. The molecule has 0 aromatic rings. The van der Waals surface area contributed by atoms with Gasteiger partial charge in [-0.1, -0.05) is 13.3 Å². The first-order valence-corrected chi connectivity index (χ1v) is 5.40. The molecule has 0 aromatic heterocycles. The molecule has 2 amide bonds. The van der Waals surface area contributed by atoms with Gasteiger partial charge in [-0.2, -0.15) is 0 Å². The number of carbonyl (C=O) groups is 2. The zero-order valence-corrected chi connectivity index (χ0v) is 9.11. The number of nitrogens with two attached hydrogens (primary N) is 2. The van der Waals surface area contributed by atoms with E-state index >= 15 is 0 Å². The molecule has 0 aliphatic carbocycles. The van der Waals surface area contributed by atoms with Crippen molar-refractivity contribution < 1.29 is 9.59 Å². The monoisotopic (exact) mass is 213 g/mol. The van der Waals surface area contributed by atoms with E-state index in [2.05, 4.69) is 0 Å². The SMILES string of the molecule is CCC[C@H](N)C(=O)N1CCC(C(N)=O)C1. The van der Waals surface area contributed by atoms with E-state index in [9.17, 15) is 9.59 Å². The fourth-order valence-electron chi connectivity index (χ4n) is 1.86. The smallest absolute Gasteiger partial charge is 0.239 e. The van der Waals surface area contributed by atoms with E-state index in [1.807, 2.05) is 6.92 Å². The van der Waals surface area contributed by atoms with Crippen LogP contribution in [0.5, 0.6) is 0 Å². The van der Waals surface area contributed by atoms with Gasteiger partial charge in [0.1, 0.15) is 0 Å². The minimum absolute atomic E-state index is 0.0550. The van der Waals surface area contributed by atoms with E-state index in [0.717, 1.165) is 6.42 Å². The van der Waals surface area contributed by atoms with E-state index in [0.29, 0.717) is 25.9 Å². The Hall–Kier alpha value is -1.10. The molecule has 1 heterocycles. The first-order valence-electron chi connectivity index (χ1n) is 5.40. The number of rotatable bonds is 4. The predicted molar refractivity (Wildman–Crippen MR) is 56.8 cm³/mol. The molecule has 0 radical (unpaired) electrons. The maximum Gasteiger partial charge on any atom is 0.239 e. The molecule has 5 heteroatoms. The third-order valence-corrected chi connectivity index (χ3v) is 2.82. The summed E-state index contributed by atoms with van der Waals surface area (Å²) in [6, 6.07) is -0.429. The standard InChI is InChI=1S/C10H19N3O2/c1-2-3-8(11)10(15)13-5-4-7(6-13)9(12)14/h7-8H,2-6,11H2,1H3,(H2,12,14)/t7?,8-/m0/s1. The maximum absolute atomic E-state index is 11.8. The molecule has 1 saturated heterocycles. The van der Waals surface area contributed by atoms with Crippen molar-refractivity contribution >= 4 is 11.8 Å². The van der Waals surface area contributed by atoms with Crippen molar-refractivity contribution in [3.8, 4) is 0 Å². The summed E-state index contributed by atoms with van der Waals surface area (Å²) in [6.45, 7) is 3.03. The molecule has 0 aromatic carbocycles. The maximum atomic E-state index is 11.8. The lowest BCUT2D eigenvalue weighted by Gasteiger charge is -2.20. The van der Waals surface area contributed by atoms with Crippen LogP contribution in [0, 0.1) is 5.92 Å². The van der Waals surface area contributed by atoms with E-state index in [1.54, 1.807) is 4.90 Å². The Morgan fingerprint density at radius 3 is 2.67 bits per heavy atom. The second-order valence-corrected chi connectivity index (χ2v) is 4.07. The van der Waals surface area contributed by atoms with Gasteiger partial charge in [0.05, 0.1) is 12.0 Å². The third kappa shape index (κ3) is 2.92. The number of nitrogens with zero attached hydrogens (tertiary/aromatic N) is 1. The van der Waals surface area contributed by atoms with E-state index < -0.39 is 6.04 Å². The highest BCUT2D eigenvalue weighted by atomic mass is 16.2. The topological polar surface area (TPSA) is 89.4 Å². The van der Waals surface area contributed by atoms with Crippen molar-refractivity contribution in [2.24, 2.45) is 17.4 Å². The van der Waals surface area contributed by atoms with Gasteiger partial charge in [-0.25, -0.2) is 0 Å². The van der Waals surface area contributed by atoms with Crippen LogP contribution in [0.15, 0.2) is 0 Å². The molecule has 1 unspecified atom stereocenters. The van der Waals surface area contributed by atoms with Crippen LogP contribution in [0.1, 0.15) is 26.2 Å². The molecule has 2 atom stereocenters. The number of hydrogen-bond acceptors (Lipinski definition) is 3. The Kier molecular flexibility index (Phi) is 4.08. The summed E-state index contributed by atoms with van der Waals surface area (Å²) >= 11 is 0.